The van der Waals surface area contributed by atoms with E-state index < -0.39 is 23.9 Å². The second-order valence-corrected chi connectivity index (χ2v) is 7.00. The van der Waals surface area contributed by atoms with E-state index in [1.54, 1.807) is 65.9 Å². The number of hydrogen-bond donors (Lipinski definition) is 3. The van der Waals surface area contributed by atoms with Crippen molar-refractivity contribution in [2.45, 2.75) is 6.10 Å². The van der Waals surface area contributed by atoms with Crippen molar-refractivity contribution in [2.24, 2.45) is 0 Å². The second-order valence-electron chi connectivity index (χ2n) is 7.00. The Balaban J connectivity index is 1.21. The number of hydrazine groups is 1. The third-order valence-corrected chi connectivity index (χ3v) is 4.65. The van der Waals surface area contributed by atoms with E-state index in [1.165, 1.54) is 0 Å². The maximum atomic E-state index is 11.8. The summed E-state index contributed by atoms with van der Waals surface area (Å²) >= 11 is 0. The molecule has 2 aliphatic heterocycles. The fourth-order valence-electron chi connectivity index (χ4n) is 3.05. The van der Waals surface area contributed by atoms with Gasteiger partial charge in [0.1, 0.15) is 17.2 Å². The number of anilines is 1. The summed E-state index contributed by atoms with van der Waals surface area (Å²) in [5.41, 5.74) is 3.68. The van der Waals surface area contributed by atoms with Crippen molar-refractivity contribution in [3.05, 3.63) is 73.1 Å². The van der Waals surface area contributed by atoms with E-state index in [0.717, 1.165) is 0 Å². The van der Waals surface area contributed by atoms with E-state index in [-0.39, 0.29) is 5.75 Å². The summed E-state index contributed by atoms with van der Waals surface area (Å²) < 4.78 is 16.5. The molecule has 4 amide bonds. The molecule has 12 heteroatoms. The van der Waals surface area contributed by atoms with E-state index in [9.17, 15) is 14.4 Å². The van der Waals surface area contributed by atoms with Crippen LogP contribution in [0.1, 0.15) is 0 Å². The van der Waals surface area contributed by atoms with Crippen LogP contribution in [0.5, 0.6) is 17.2 Å². The zero-order chi connectivity index (χ0) is 23.5. The van der Waals surface area contributed by atoms with Gasteiger partial charge in [0.15, 0.2) is 0 Å². The average molecular weight is 460 g/mol. The Morgan fingerprint density at radius 1 is 0.853 bits per heavy atom. The van der Waals surface area contributed by atoms with Crippen LogP contribution in [0.4, 0.5) is 10.7 Å². The number of nitrogens with one attached hydrogen (secondary N) is 3. The molecule has 1 saturated heterocycles. The van der Waals surface area contributed by atoms with Crippen LogP contribution in [-0.4, -0.2) is 34.1 Å². The lowest BCUT2D eigenvalue weighted by molar-refractivity contribution is -0.139. The zero-order valence-corrected chi connectivity index (χ0v) is 17.3. The van der Waals surface area contributed by atoms with Gasteiger partial charge in [-0.1, -0.05) is 0 Å². The summed E-state index contributed by atoms with van der Waals surface area (Å²) in [6, 6.07) is 12.5. The highest BCUT2D eigenvalue weighted by Crippen LogP contribution is 2.27. The smallest absolute Gasteiger partial charge is 0.328 e. The zero-order valence-electron chi connectivity index (χ0n) is 17.3. The quantitative estimate of drug-likeness (QED) is 0.466. The Morgan fingerprint density at radius 2 is 1.50 bits per heavy atom. The fraction of sp³-hybridized carbons (Fsp3) is 0.0455. The first-order chi connectivity index (χ1) is 16.5. The summed E-state index contributed by atoms with van der Waals surface area (Å²) in [4.78, 5) is 39.0. The van der Waals surface area contributed by atoms with Crippen molar-refractivity contribution in [2.75, 3.05) is 5.01 Å². The van der Waals surface area contributed by atoms with Crippen LogP contribution in [0.25, 0.3) is 11.5 Å². The minimum absolute atomic E-state index is 0.257. The van der Waals surface area contributed by atoms with Gasteiger partial charge in [-0.15, -0.1) is 0 Å². The fourth-order valence-corrected chi connectivity index (χ4v) is 3.05. The molecule has 3 heterocycles. The minimum Gasteiger partial charge on any atom is -0.471 e. The largest absolute Gasteiger partial charge is 0.471 e. The Bertz CT molecular complexity index is 1280. The Kier molecular flexibility index (Phi) is 5.36. The number of carbonyl (C=O) groups is 3. The Morgan fingerprint density at radius 3 is 2.15 bits per heavy atom. The first-order valence-corrected chi connectivity index (χ1v) is 9.98. The van der Waals surface area contributed by atoms with Gasteiger partial charge < -0.3 is 14.0 Å². The summed E-state index contributed by atoms with van der Waals surface area (Å²) in [6.07, 6.45) is 5.73. The molecule has 0 bridgehead atoms. The van der Waals surface area contributed by atoms with Gasteiger partial charge >= 0.3 is 6.03 Å². The van der Waals surface area contributed by atoms with Crippen molar-refractivity contribution in [3.63, 3.8) is 0 Å². The molecule has 2 aromatic carbocycles. The number of aromatic nitrogens is 2. The number of hydrogen-bond acceptors (Lipinski definition) is 10. The van der Waals surface area contributed by atoms with E-state index in [2.05, 4.69) is 15.6 Å². The van der Waals surface area contributed by atoms with Crippen molar-refractivity contribution >= 4 is 23.8 Å². The first-order valence-electron chi connectivity index (χ1n) is 9.98. The Labute approximate surface area is 191 Å². The topological polar surface area (TPSA) is 148 Å². The predicted molar refractivity (Wildman–Crippen MR) is 116 cm³/mol. The standard InChI is InChI=1S/C22H16N6O6/c29-18-17(19(30)25-22(31)24-18)33-16-9-7-15(8-10-16)32-14-5-3-13(4-6-14)20-26-21(27-34-20)28-12-2-1-11-23-28/h1-12,17,23H,(H2,24,25,29,30,31). The van der Waals surface area contributed by atoms with Crippen molar-refractivity contribution < 1.29 is 28.4 Å². The lowest BCUT2D eigenvalue weighted by Gasteiger charge is -2.21. The molecule has 3 N–H and O–H groups in total. The minimum atomic E-state index is -1.46. The third-order valence-electron chi connectivity index (χ3n) is 4.65. The third kappa shape index (κ3) is 4.41. The number of carbonyl (C=O) groups excluding carboxylic acids is 3. The lowest BCUT2D eigenvalue weighted by Crippen LogP contribution is -2.60. The van der Waals surface area contributed by atoms with Gasteiger partial charge in [0, 0.05) is 18.0 Å². The molecule has 0 atom stereocenters. The number of urea groups is 1. The number of imide groups is 2. The molecule has 0 unspecified atom stereocenters. The number of allylic oxidation sites excluding steroid dienone is 2. The number of rotatable bonds is 6. The van der Waals surface area contributed by atoms with E-state index in [4.69, 9.17) is 14.0 Å². The molecule has 2 aliphatic rings. The molecular formula is C22H16N6O6. The molecule has 34 heavy (non-hydrogen) atoms. The molecular weight excluding hydrogens is 444 g/mol. The highest BCUT2D eigenvalue weighted by Gasteiger charge is 2.36. The first kappa shape index (κ1) is 20.8. The summed E-state index contributed by atoms with van der Waals surface area (Å²) in [5.74, 6) is 0.383. The molecule has 1 fully saturated rings. The SMILES string of the molecule is O=C1NC(=O)C(Oc2ccc(Oc3ccc(-c4nc(N5C=CC=CN5)no4)cc3)cc2)C(=O)N1. The van der Waals surface area contributed by atoms with E-state index in [0.29, 0.717) is 28.9 Å². The van der Waals surface area contributed by atoms with Crippen LogP contribution in [0.15, 0.2) is 77.6 Å². The van der Waals surface area contributed by atoms with Crippen LogP contribution >= 0.6 is 0 Å². The normalized spacial score (nSPS) is 15.5. The van der Waals surface area contributed by atoms with Crippen LogP contribution in [0.2, 0.25) is 0 Å². The van der Waals surface area contributed by atoms with Gasteiger partial charge in [-0.05, 0) is 65.8 Å². The van der Waals surface area contributed by atoms with Crippen molar-refractivity contribution in [1.29, 1.82) is 0 Å². The highest BCUT2D eigenvalue weighted by molar-refractivity contribution is 6.18. The van der Waals surface area contributed by atoms with Gasteiger partial charge in [-0.2, -0.15) is 4.98 Å². The molecule has 1 aromatic heterocycles. The molecule has 3 aromatic rings. The number of benzene rings is 2. The predicted octanol–water partition coefficient (Wildman–Crippen LogP) is 1.99. The highest BCUT2D eigenvalue weighted by atomic mass is 16.5. The number of ether oxygens (including phenoxy) is 2. The van der Waals surface area contributed by atoms with Crippen LogP contribution in [-0.2, 0) is 9.59 Å². The molecule has 5 rings (SSSR count). The van der Waals surface area contributed by atoms with Gasteiger partial charge in [-0.25, -0.2) is 9.80 Å². The van der Waals surface area contributed by atoms with E-state index >= 15 is 0 Å². The maximum Gasteiger partial charge on any atom is 0.328 e. The molecule has 0 spiro atoms. The van der Waals surface area contributed by atoms with Gasteiger partial charge in [0.05, 0.1) is 0 Å². The lowest BCUT2D eigenvalue weighted by atomic mass is 10.2. The van der Waals surface area contributed by atoms with Crippen molar-refractivity contribution in [3.8, 4) is 28.7 Å². The molecule has 0 radical (unpaired) electrons. The van der Waals surface area contributed by atoms with Gasteiger partial charge in [0.25, 0.3) is 29.8 Å². The van der Waals surface area contributed by atoms with Crippen LogP contribution < -0.4 is 30.5 Å². The van der Waals surface area contributed by atoms with Gasteiger partial charge in [-0.3, -0.25) is 25.6 Å². The molecule has 12 nitrogen and oxygen atoms in total. The average Bonchev–Trinajstić information content (AvgIpc) is 3.34. The van der Waals surface area contributed by atoms with Crippen molar-refractivity contribution in [1.82, 2.24) is 26.2 Å². The summed E-state index contributed by atoms with van der Waals surface area (Å²) in [6.45, 7) is 0. The number of nitrogens with zero attached hydrogens (tertiary/aromatic N) is 3. The number of amides is 4. The number of barbiturate groups is 1. The van der Waals surface area contributed by atoms with E-state index in [1.807, 2.05) is 22.8 Å². The molecule has 170 valence electrons. The second kappa shape index (κ2) is 8.78. The maximum absolute atomic E-state index is 11.8. The summed E-state index contributed by atoms with van der Waals surface area (Å²) in [5, 5.41) is 9.51. The van der Waals surface area contributed by atoms with Crippen LogP contribution in [0, 0.1) is 0 Å². The monoisotopic (exact) mass is 460 g/mol. The summed E-state index contributed by atoms with van der Waals surface area (Å²) in [7, 11) is 0. The Hall–Kier alpha value is -5.13. The van der Waals surface area contributed by atoms with Crippen LogP contribution in [0.3, 0.4) is 0 Å². The molecule has 0 aliphatic carbocycles. The van der Waals surface area contributed by atoms with Gasteiger partial charge in [0.2, 0.25) is 0 Å². The molecule has 0 saturated carbocycles.